The molecule has 0 unspecified atom stereocenters. The third kappa shape index (κ3) is 6.42. The SMILES string of the molecule is CN=C(N=C(N)N)NCCc1ccc(NC(N)=NC(N)=NCCc2cccc3c2OCO3)c2c1OCO2. The van der Waals surface area contributed by atoms with Gasteiger partial charge in [0.15, 0.2) is 29.0 Å². The fourth-order valence-electron chi connectivity index (χ4n) is 3.75. The molecule has 0 aromatic heterocycles. The molecule has 4 rings (SSSR count). The molecule has 0 spiro atoms. The predicted molar refractivity (Wildman–Crippen MR) is 141 cm³/mol. The van der Waals surface area contributed by atoms with Gasteiger partial charge < -0.3 is 52.5 Å². The number of ether oxygens (including phenoxy) is 4. The lowest BCUT2D eigenvalue weighted by atomic mass is 10.1. The summed E-state index contributed by atoms with van der Waals surface area (Å²) in [6, 6.07) is 9.45. The molecule has 10 N–H and O–H groups in total. The van der Waals surface area contributed by atoms with E-state index in [0.29, 0.717) is 49.1 Å². The summed E-state index contributed by atoms with van der Waals surface area (Å²) in [7, 11) is 1.59. The molecule has 14 heteroatoms. The van der Waals surface area contributed by atoms with E-state index in [1.54, 1.807) is 7.05 Å². The summed E-state index contributed by atoms with van der Waals surface area (Å²) < 4.78 is 22.2. The molecule has 0 aliphatic carbocycles. The second kappa shape index (κ2) is 11.7. The lowest BCUT2D eigenvalue weighted by Crippen LogP contribution is -2.30. The Balaban J connectivity index is 1.35. The van der Waals surface area contributed by atoms with E-state index >= 15 is 0 Å². The summed E-state index contributed by atoms with van der Waals surface area (Å²) in [4.78, 5) is 16.3. The number of fused-ring (bicyclic) bond motifs is 2. The maximum absolute atomic E-state index is 6.05. The third-order valence-corrected chi connectivity index (χ3v) is 5.36. The van der Waals surface area contributed by atoms with Gasteiger partial charge in [0.2, 0.25) is 31.5 Å². The Morgan fingerprint density at radius 2 is 1.62 bits per heavy atom. The van der Waals surface area contributed by atoms with Crippen LogP contribution in [0.4, 0.5) is 5.69 Å². The smallest absolute Gasteiger partial charge is 0.231 e. The molecule has 2 heterocycles. The number of nitrogens with one attached hydrogen (secondary N) is 2. The zero-order chi connectivity index (χ0) is 26.2. The van der Waals surface area contributed by atoms with Crippen molar-refractivity contribution in [2.24, 2.45) is 42.9 Å². The van der Waals surface area contributed by atoms with Gasteiger partial charge in [-0.25, -0.2) is 0 Å². The summed E-state index contributed by atoms with van der Waals surface area (Å²) in [6.45, 7) is 1.23. The fourth-order valence-corrected chi connectivity index (χ4v) is 3.75. The van der Waals surface area contributed by atoms with Crippen molar-refractivity contribution in [2.75, 3.05) is 39.0 Å². The van der Waals surface area contributed by atoms with E-state index in [1.165, 1.54) is 0 Å². The maximum atomic E-state index is 6.05. The zero-order valence-corrected chi connectivity index (χ0v) is 20.4. The van der Waals surface area contributed by atoms with Crippen LogP contribution in [0.3, 0.4) is 0 Å². The van der Waals surface area contributed by atoms with Gasteiger partial charge in [-0.3, -0.25) is 9.98 Å². The standard InChI is InChI=1S/C23H30N10O4/c1-28-23(32-20(24)25)30-10-8-14-5-6-15(19-18(14)36-12-37-19)31-22(27)33-21(26)29-9-7-13-3-2-4-16-17(13)35-11-34-16/h2-6H,7-12H2,1H3,(H5,24,25,28,30,32)(H5,26,27,29,31,33). The van der Waals surface area contributed by atoms with Crippen LogP contribution < -0.4 is 52.5 Å². The van der Waals surface area contributed by atoms with Crippen LogP contribution in [0.2, 0.25) is 0 Å². The molecule has 0 atom stereocenters. The van der Waals surface area contributed by atoms with Gasteiger partial charge in [-0.15, -0.1) is 0 Å². The Morgan fingerprint density at radius 1 is 0.865 bits per heavy atom. The number of aliphatic imine (C=N–C) groups is 4. The van der Waals surface area contributed by atoms with Crippen molar-refractivity contribution in [1.29, 1.82) is 0 Å². The Morgan fingerprint density at radius 3 is 2.43 bits per heavy atom. The average Bonchev–Trinajstić information content (AvgIpc) is 3.55. The number of hydrogen-bond acceptors (Lipinski definition) is 6. The van der Waals surface area contributed by atoms with Crippen molar-refractivity contribution in [3.63, 3.8) is 0 Å². The van der Waals surface area contributed by atoms with Crippen LogP contribution in [0.5, 0.6) is 23.0 Å². The number of guanidine groups is 4. The molecule has 2 aliphatic rings. The Labute approximate surface area is 213 Å². The van der Waals surface area contributed by atoms with E-state index in [1.807, 2.05) is 30.3 Å². The van der Waals surface area contributed by atoms with E-state index in [4.69, 9.17) is 41.9 Å². The predicted octanol–water partition coefficient (Wildman–Crippen LogP) is -0.181. The molecule has 2 aromatic carbocycles. The molecule has 14 nitrogen and oxygen atoms in total. The normalized spacial score (nSPS) is 14.5. The molecular formula is C23H30N10O4. The van der Waals surface area contributed by atoms with Gasteiger partial charge in [0.25, 0.3) is 0 Å². The van der Waals surface area contributed by atoms with E-state index in [-0.39, 0.29) is 31.5 Å². The van der Waals surface area contributed by atoms with Crippen LogP contribution in [0.1, 0.15) is 11.1 Å². The van der Waals surface area contributed by atoms with Crippen LogP contribution >= 0.6 is 0 Å². The number of nitrogens with zero attached hydrogens (tertiary/aromatic N) is 4. The first kappa shape index (κ1) is 25.2. The minimum Gasteiger partial charge on any atom is -0.454 e. The summed E-state index contributed by atoms with van der Waals surface area (Å²) >= 11 is 0. The van der Waals surface area contributed by atoms with Crippen molar-refractivity contribution in [2.45, 2.75) is 12.8 Å². The van der Waals surface area contributed by atoms with Crippen LogP contribution in [0.15, 0.2) is 50.3 Å². The first-order valence-corrected chi connectivity index (χ1v) is 11.4. The molecule has 0 radical (unpaired) electrons. The topological polar surface area (TPSA) is 214 Å². The van der Waals surface area contributed by atoms with Gasteiger partial charge in [0.05, 0.1) is 5.69 Å². The van der Waals surface area contributed by atoms with Gasteiger partial charge in [-0.1, -0.05) is 18.2 Å². The highest BCUT2D eigenvalue weighted by atomic mass is 16.7. The molecule has 196 valence electrons. The third-order valence-electron chi connectivity index (χ3n) is 5.36. The number of para-hydroxylation sites is 1. The number of benzene rings is 2. The Hall–Kier alpha value is -4.88. The van der Waals surface area contributed by atoms with Crippen molar-refractivity contribution in [3.05, 3.63) is 41.5 Å². The summed E-state index contributed by atoms with van der Waals surface area (Å²) in [5.41, 5.74) is 25.3. The average molecular weight is 511 g/mol. The first-order valence-electron chi connectivity index (χ1n) is 11.4. The quantitative estimate of drug-likeness (QED) is 0.213. The second-order valence-electron chi connectivity index (χ2n) is 7.86. The van der Waals surface area contributed by atoms with Gasteiger partial charge in [-0.05, 0) is 25.0 Å². The maximum Gasteiger partial charge on any atom is 0.231 e. The largest absolute Gasteiger partial charge is 0.454 e. The highest BCUT2D eigenvalue weighted by molar-refractivity contribution is 6.01. The van der Waals surface area contributed by atoms with E-state index < -0.39 is 0 Å². The lowest BCUT2D eigenvalue weighted by Gasteiger charge is -2.12. The van der Waals surface area contributed by atoms with Gasteiger partial charge in [0, 0.05) is 31.3 Å². The van der Waals surface area contributed by atoms with Gasteiger partial charge in [0.1, 0.15) is 0 Å². The minimum atomic E-state index is -0.0739. The highest BCUT2D eigenvalue weighted by Crippen LogP contribution is 2.42. The molecule has 37 heavy (non-hydrogen) atoms. The monoisotopic (exact) mass is 510 g/mol. The van der Waals surface area contributed by atoms with Crippen molar-refractivity contribution >= 4 is 29.5 Å². The van der Waals surface area contributed by atoms with Crippen molar-refractivity contribution in [3.8, 4) is 23.0 Å². The molecule has 0 fully saturated rings. The van der Waals surface area contributed by atoms with E-state index in [2.05, 4.69) is 30.6 Å². The summed E-state index contributed by atoms with van der Waals surface area (Å²) in [5.74, 6) is 2.98. The Bertz CT molecular complexity index is 1250. The highest BCUT2D eigenvalue weighted by Gasteiger charge is 2.22. The number of anilines is 1. The molecule has 0 bridgehead atoms. The van der Waals surface area contributed by atoms with Crippen molar-refractivity contribution in [1.82, 2.24) is 5.32 Å². The molecule has 2 aromatic rings. The van der Waals surface area contributed by atoms with Crippen molar-refractivity contribution < 1.29 is 18.9 Å². The van der Waals surface area contributed by atoms with E-state index in [9.17, 15) is 0 Å². The molecule has 0 saturated heterocycles. The van der Waals surface area contributed by atoms with E-state index in [0.717, 1.165) is 22.6 Å². The van der Waals surface area contributed by atoms with Crippen LogP contribution in [0.25, 0.3) is 0 Å². The van der Waals surface area contributed by atoms with Crippen LogP contribution in [0, 0.1) is 0 Å². The first-order chi connectivity index (χ1) is 17.9. The number of nitrogens with two attached hydrogens (primary N) is 4. The summed E-state index contributed by atoms with van der Waals surface area (Å²) in [5, 5.41) is 6.05. The van der Waals surface area contributed by atoms with Gasteiger partial charge >= 0.3 is 0 Å². The lowest BCUT2D eigenvalue weighted by molar-refractivity contribution is 0.173. The second-order valence-corrected chi connectivity index (χ2v) is 7.86. The molecule has 0 amide bonds. The minimum absolute atomic E-state index is 0.0421. The molecular weight excluding hydrogens is 480 g/mol. The molecule has 2 aliphatic heterocycles. The van der Waals surface area contributed by atoms with Crippen LogP contribution in [-0.2, 0) is 12.8 Å². The van der Waals surface area contributed by atoms with Gasteiger partial charge in [-0.2, -0.15) is 9.98 Å². The number of rotatable bonds is 7. The number of hydrogen-bond donors (Lipinski definition) is 6. The van der Waals surface area contributed by atoms with Crippen LogP contribution in [-0.4, -0.2) is 57.6 Å². The Kier molecular flexibility index (Phi) is 7.98. The summed E-state index contributed by atoms with van der Waals surface area (Å²) in [6.07, 6.45) is 1.22. The molecule has 0 saturated carbocycles. The fraction of sp³-hybridized carbons (Fsp3) is 0.304. The zero-order valence-electron chi connectivity index (χ0n) is 20.4.